The first-order chi connectivity index (χ1) is 10.6. The van der Waals surface area contributed by atoms with Crippen LogP contribution in [0.2, 0.25) is 0 Å². The van der Waals surface area contributed by atoms with Crippen molar-refractivity contribution in [2.45, 2.75) is 6.42 Å². The van der Waals surface area contributed by atoms with Gasteiger partial charge in [0.1, 0.15) is 0 Å². The van der Waals surface area contributed by atoms with Crippen LogP contribution in [0.25, 0.3) is 0 Å². The molecule has 4 rings (SSSR count). The van der Waals surface area contributed by atoms with E-state index in [2.05, 4.69) is 5.32 Å². The number of hydrogen-bond donors (Lipinski definition) is 1. The van der Waals surface area contributed by atoms with E-state index in [-0.39, 0.29) is 23.0 Å². The van der Waals surface area contributed by atoms with Crippen molar-refractivity contribution in [2.75, 3.05) is 6.54 Å². The molecule has 0 radical (unpaired) electrons. The Bertz CT molecular complexity index is 828. The van der Waals surface area contributed by atoms with Crippen LogP contribution in [0.5, 0.6) is 0 Å². The summed E-state index contributed by atoms with van der Waals surface area (Å²) >= 11 is 0. The van der Waals surface area contributed by atoms with Crippen molar-refractivity contribution < 1.29 is 14.4 Å². The summed E-state index contributed by atoms with van der Waals surface area (Å²) in [6.45, 7) is 0.490. The zero-order chi connectivity index (χ0) is 15.3. The summed E-state index contributed by atoms with van der Waals surface area (Å²) in [5.41, 5.74) is 0.357. The molecule has 22 heavy (non-hydrogen) atoms. The van der Waals surface area contributed by atoms with Gasteiger partial charge >= 0.3 is 0 Å². The summed E-state index contributed by atoms with van der Waals surface area (Å²) in [6, 6.07) is 6.77. The Morgan fingerprint density at radius 1 is 0.955 bits per heavy atom. The molecule has 4 nitrogen and oxygen atoms in total. The third kappa shape index (κ3) is 1.49. The molecule has 0 saturated heterocycles. The molecule has 0 amide bonds. The van der Waals surface area contributed by atoms with Gasteiger partial charge in [-0.25, -0.2) is 0 Å². The molecule has 3 aliphatic rings. The van der Waals surface area contributed by atoms with Crippen LogP contribution in [0.15, 0.2) is 59.8 Å². The Hall–Kier alpha value is -2.75. The summed E-state index contributed by atoms with van der Waals surface area (Å²) in [4.78, 5) is 38.2. The van der Waals surface area contributed by atoms with Crippen LogP contribution in [0.4, 0.5) is 0 Å². The van der Waals surface area contributed by atoms with Crippen molar-refractivity contribution in [1.82, 2.24) is 5.32 Å². The Labute approximate surface area is 127 Å². The summed E-state index contributed by atoms with van der Waals surface area (Å²) in [5, 5.41) is 3.03. The van der Waals surface area contributed by atoms with E-state index in [4.69, 9.17) is 0 Å². The number of allylic oxidation sites excluding steroid dienone is 6. The minimum Gasteiger partial charge on any atom is -0.381 e. The SMILES string of the molecule is O=C1C2=C(C(=O)c3ccccc31)C1(C=CC=CC1=O)CCN2. The number of Topliss-reactive ketones (excluding diaryl/α,β-unsaturated/α-hetero) is 2. The van der Waals surface area contributed by atoms with E-state index < -0.39 is 5.41 Å². The molecule has 108 valence electrons. The van der Waals surface area contributed by atoms with Crippen LogP contribution in [0.1, 0.15) is 27.1 Å². The number of hydrogen-bond acceptors (Lipinski definition) is 4. The molecule has 4 heteroatoms. The normalized spacial score (nSPS) is 26.1. The second kappa shape index (κ2) is 4.37. The molecular formula is C18H13NO3. The maximum atomic E-state index is 13.0. The largest absolute Gasteiger partial charge is 0.381 e. The molecule has 1 heterocycles. The van der Waals surface area contributed by atoms with Crippen LogP contribution in [-0.2, 0) is 4.79 Å². The number of rotatable bonds is 0. The van der Waals surface area contributed by atoms with E-state index in [1.807, 2.05) is 0 Å². The molecular weight excluding hydrogens is 278 g/mol. The van der Waals surface area contributed by atoms with Gasteiger partial charge in [-0.3, -0.25) is 14.4 Å². The van der Waals surface area contributed by atoms with Gasteiger partial charge < -0.3 is 5.32 Å². The van der Waals surface area contributed by atoms with Crippen molar-refractivity contribution in [3.05, 3.63) is 71.0 Å². The molecule has 1 aromatic carbocycles. The molecule has 0 fully saturated rings. The zero-order valence-electron chi connectivity index (χ0n) is 11.8. The molecule has 0 aromatic heterocycles. The minimum atomic E-state index is -1.00. The lowest BCUT2D eigenvalue weighted by molar-refractivity contribution is -0.120. The minimum absolute atomic E-state index is 0.135. The molecule has 1 aromatic rings. The lowest BCUT2D eigenvalue weighted by atomic mass is 9.65. The van der Waals surface area contributed by atoms with Gasteiger partial charge in [0, 0.05) is 23.2 Å². The maximum absolute atomic E-state index is 13.0. The molecule has 1 spiro atoms. The van der Waals surface area contributed by atoms with Crippen molar-refractivity contribution in [2.24, 2.45) is 5.41 Å². The third-order valence-corrected chi connectivity index (χ3v) is 4.57. The molecule has 1 N–H and O–H groups in total. The van der Waals surface area contributed by atoms with Gasteiger partial charge in [-0.05, 0) is 12.5 Å². The van der Waals surface area contributed by atoms with Crippen LogP contribution in [0, 0.1) is 5.41 Å². The van der Waals surface area contributed by atoms with Crippen LogP contribution in [-0.4, -0.2) is 23.9 Å². The van der Waals surface area contributed by atoms with E-state index >= 15 is 0 Å². The highest BCUT2D eigenvalue weighted by atomic mass is 16.1. The van der Waals surface area contributed by atoms with Gasteiger partial charge in [0.05, 0.1) is 11.1 Å². The second-order valence-corrected chi connectivity index (χ2v) is 5.68. The number of carbonyl (C=O) groups is 3. The van der Waals surface area contributed by atoms with E-state index in [9.17, 15) is 14.4 Å². The fourth-order valence-electron chi connectivity index (χ4n) is 3.49. The average molecular weight is 291 g/mol. The average Bonchev–Trinajstić information content (AvgIpc) is 2.55. The van der Waals surface area contributed by atoms with E-state index in [0.29, 0.717) is 29.7 Å². The Kier molecular flexibility index (Phi) is 2.57. The first-order valence-corrected chi connectivity index (χ1v) is 7.22. The van der Waals surface area contributed by atoms with Crippen molar-refractivity contribution in [3.8, 4) is 0 Å². The molecule has 2 aliphatic carbocycles. The standard InChI is InChI=1S/C18H13NO3/c20-13-7-3-4-8-18(13)9-10-19-15-14(18)16(21)11-5-1-2-6-12(11)17(15)22/h1-8,19H,9-10H2. The number of benzene rings is 1. The van der Waals surface area contributed by atoms with Crippen LogP contribution in [0.3, 0.4) is 0 Å². The Balaban J connectivity index is 1.99. The van der Waals surface area contributed by atoms with Gasteiger partial charge in [-0.2, -0.15) is 0 Å². The topological polar surface area (TPSA) is 63.2 Å². The number of nitrogens with one attached hydrogen (secondary N) is 1. The lowest BCUT2D eigenvalue weighted by Gasteiger charge is -2.39. The number of ketones is 3. The van der Waals surface area contributed by atoms with Gasteiger partial charge in [0.15, 0.2) is 11.6 Å². The first-order valence-electron chi connectivity index (χ1n) is 7.22. The summed E-state index contributed by atoms with van der Waals surface area (Å²) in [7, 11) is 0. The van der Waals surface area contributed by atoms with Gasteiger partial charge in [0.25, 0.3) is 0 Å². The van der Waals surface area contributed by atoms with Gasteiger partial charge in [-0.15, -0.1) is 0 Å². The van der Waals surface area contributed by atoms with Crippen LogP contribution < -0.4 is 5.32 Å². The lowest BCUT2D eigenvalue weighted by Crippen LogP contribution is -2.47. The molecule has 1 unspecified atom stereocenters. The van der Waals surface area contributed by atoms with E-state index in [1.54, 1.807) is 42.5 Å². The maximum Gasteiger partial charge on any atom is 0.210 e. The van der Waals surface area contributed by atoms with Crippen molar-refractivity contribution >= 4 is 17.3 Å². The highest BCUT2D eigenvalue weighted by molar-refractivity contribution is 6.29. The second-order valence-electron chi connectivity index (χ2n) is 5.68. The van der Waals surface area contributed by atoms with Gasteiger partial charge in [0.2, 0.25) is 5.78 Å². The Morgan fingerprint density at radius 2 is 1.68 bits per heavy atom. The van der Waals surface area contributed by atoms with Crippen molar-refractivity contribution in [3.63, 3.8) is 0 Å². The van der Waals surface area contributed by atoms with E-state index in [0.717, 1.165) is 0 Å². The highest BCUT2D eigenvalue weighted by Gasteiger charge is 2.49. The first kappa shape index (κ1) is 13.0. The van der Waals surface area contributed by atoms with E-state index in [1.165, 1.54) is 6.08 Å². The molecule has 1 aliphatic heterocycles. The molecule has 1 atom stereocenters. The zero-order valence-corrected chi connectivity index (χ0v) is 11.8. The summed E-state index contributed by atoms with van der Waals surface area (Å²) in [6.07, 6.45) is 7.15. The Morgan fingerprint density at radius 3 is 2.41 bits per heavy atom. The monoisotopic (exact) mass is 291 g/mol. The number of fused-ring (bicyclic) bond motifs is 2. The quantitative estimate of drug-likeness (QED) is 0.794. The summed E-state index contributed by atoms with van der Waals surface area (Å²) < 4.78 is 0. The smallest absolute Gasteiger partial charge is 0.210 e. The highest BCUT2D eigenvalue weighted by Crippen LogP contribution is 2.44. The third-order valence-electron chi connectivity index (χ3n) is 4.57. The van der Waals surface area contributed by atoms with Gasteiger partial charge in [-0.1, -0.05) is 42.5 Å². The predicted molar refractivity (Wildman–Crippen MR) is 80.5 cm³/mol. The molecule has 0 bridgehead atoms. The fourth-order valence-corrected chi connectivity index (χ4v) is 3.49. The molecule has 0 saturated carbocycles. The summed E-state index contributed by atoms with van der Waals surface area (Å²) in [5.74, 6) is -0.574. The predicted octanol–water partition coefficient (Wildman–Crippen LogP) is 1.99. The van der Waals surface area contributed by atoms with Crippen molar-refractivity contribution in [1.29, 1.82) is 0 Å². The fraction of sp³-hybridized carbons (Fsp3) is 0.167. The number of carbonyl (C=O) groups excluding carboxylic acids is 3. The van der Waals surface area contributed by atoms with Crippen LogP contribution >= 0.6 is 0 Å².